The molecule has 0 amide bonds. The molecule has 1 aromatic heterocycles. The minimum Gasteiger partial charge on any atom is -1.00 e. The summed E-state index contributed by atoms with van der Waals surface area (Å²) in [6.07, 6.45) is 4.92. The van der Waals surface area contributed by atoms with E-state index in [2.05, 4.69) is 4.99 Å². The number of halogens is 1. The van der Waals surface area contributed by atoms with Gasteiger partial charge >= 0.3 is 0 Å². The van der Waals surface area contributed by atoms with Gasteiger partial charge in [0.1, 0.15) is 0 Å². The largest absolute Gasteiger partial charge is 1.00 e. The van der Waals surface area contributed by atoms with Gasteiger partial charge in [0.05, 0.1) is 0 Å². The molecule has 0 aromatic carbocycles. The standard InChI is InChI=1S/C11H17N4O.BrH/c12-11(13)14-6-4-5-10(16)9-15-7-2-1-3-8-15;/h1-3,7-8H,4-6,9H2,(H4,12,13,14);1H/q+1;/p-1. The third-order valence-electron chi connectivity index (χ3n) is 2.04. The second-order valence-corrected chi connectivity index (χ2v) is 3.50. The summed E-state index contributed by atoms with van der Waals surface area (Å²) in [5.74, 6) is 0.256. The van der Waals surface area contributed by atoms with Crippen LogP contribution in [0, 0.1) is 0 Å². The van der Waals surface area contributed by atoms with E-state index in [4.69, 9.17) is 11.5 Å². The second-order valence-electron chi connectivity index (χ2n) is 3.50. The van der Waals surface area contributed by atoms with Gasteiger partial charge in [-0.2, -0.15) is 4.57 Å². The summed E-state index contributed by atoms with van der Waals surface area (Å²) in [5.41, 5.74) is 10.3. The third kappa shape index (κ3) is 7.46. The monoisotopic (exact) mass is 300 g/mol. The number of ketones is 1. The molecule has 0 atom stereocenters. The maximum atomic E-state index is 11.5. The van der Waals surface area contributed by atoms with Crippen LogP contribution in [0.1, 0.15) is 12.8 Å². The Balaban J connectivity index is 0.00000256. The maximum absolute atomic E-state index is 11.5. The smallest absolute Gasteiger partial charge is 0.206 e. The van der Waals surface area contributed by atoms with Crippen LogP contribution in [-0.2, 0) is 11.3 Å². The van der Waals surface area contributed by atoms with Gasteiger partial charge in [-0.3, -0.25) is 9.79 Å². The van der Waals surface area contributed by atoms with E-state index in [1.165, 1.54) is 0 Å². The highest BCUT2D eigenvalue weighted by atomic mass is 79.9. The number of aliphatic imine (C=N–C) groups is 1. The number of hydrogen-bond acceptors (Lipinski definition) is 2. The summed E-state index contributed by atoms with van der Waals surface area (Å²) in [7, 11) is 0. The lowest BCUT2D eigenvalue weighted by molar-refractivity contribution is -0.684. The molecule has 0 aliphatic rings. The van der Waals surface area contributed by atoms with Crippen molar-refractivity contribution in [2.45, 2.75) is 19.4 Å². The van der Waals surface area contributed by atoms with E-state index in [0.717, 1.165) is 0 Å². The molecule has 0 bridgehead atoms. The van der Waals surface area contributed by atoms with Gasteiger partial charge in [0.15, 0.2) is 24.1 Å². The number of nitrogens with zero attached hydrogens (tertiary/aromatic N) is 2. The third-order valence-corrected chi connectivity index (χ3v) is 2.04. The highest BCUT2D eigenvalue weighted by molar-refractivity contribution is 5.77. The average Bonchev–Trinajstić information content (AvgIpc) is 2.25. The first kappa shape index (κ1) is 15.6. The zero-order chi connectivity index (χ0) is 11.8. The number of Topliss-reactive ketones (excluding diaryl/α,β-unsaturated/α-hetero) is 1. The number of guanidine groups is 1. The predicted molar refractivity (Wildman–Crippen MR) is 61.6 cm³/mol. The summed E-state index contributed by atoms with van der Waals surface area (Å²) in [6, 6.07) is 5.71. The topological polar surface area (TPSA) is 85.3 Å². The van der Waals surface area contributed by atoms with Crippen LogP contribution >= 0.6 is 0 Å². The Morgan fingerprint density at radius 1 is 1.18 bits per heavy atom. The van der Waals surface area contributed by atoms with Crippen LogP contribution in [-0.4, -0.2) is 18.3 Å². The van der Waals surface area contributed by atoms with Crippen molar-refractivity contribution in [3.63, 3.8) is 0 Å². The van der Waals surface area contributed by atoms with E-state index >= 15 is 0 Å². The van der Waals surface area contributed by atoms with Crippen LogP contribution in [0.25, 0.3) is 0 Å². The molecule has 1 heterocycles. The van der Waals surface area contributed by atoms with Crippen LogP contribution in [0.15, 0.2) is 35.6 Å². The van der Waals surface area contributed by atoms with Gasteiger partial charge in [0.2, 0.25) is 6.54 Å². The van der Waals surface area contributed by atoms with Crippen LogP contribution in [0.4, 0.5) is 0 Å². The number of pyridine rings is 1. The molecule has 1 aromatic rings. The minimum absolute atomic E-state index is 0. The van der Waals surface area contributed by atoms with E-state index in [-0.39, 0.29) is 28.7 Å². The van der Waals surface area contributed by atoms with Crippen molar-refractivity contribution < 1.29 is 26.3 Å². The Morgan fingerprint density at radius 2 is 1.82 bits per heavy atom. The molecule has 0 fully saturated rings. The normalized spacial score (nSPS) is 9.18. The summed E-state index contributed by atoms with van der Waals surface area (Å²) in [5, 5.41) is 0. The summed E-state index contributed by atoms with van der Waals surface area (Å²) < 4.78 is 1.85. The molecule has 0 saturated heterocycles. The first-order valence-electron chi connectivity index (χ1n) is 5.19. The SMILES string of the molecule is NC(N)=NCCCC(=O)C[n+]1ccccc1.[Br-]. The van der Waals surface area contributed by atoms with Crippen molar-refractivity contribution in [1.82, 2.24) is 0 Å². The van der Waals surface area contributed by atoms with Gasteiger partial charge < -0.3 is 28.4 Å². The Kier molecular flexibility index (Phi) is 7.96. The van der Waals surface area contributed by atoms with Gasteiger partial charge in [0, 0.05) is 25.1 Å². The Bertz CT molecular complexity index is 363. The number of aromatic nitrogens is 1. The Labute approximate surface area is 111 Å². The highest BCUT2D eigenvalue weighted by Gasteiger charge is 2.07. The second kappa shape index (κ2) is 8.69. The van der Waals surface area contributed by atoms with Crippen molar-refractivity contribution >= 4 is 11.7 Å². The molecule has 94 valence electrons. The van der Waals surface area contributed by atoms with Gasteiger partial charge in [-0.25, -0.2) is 0 Å². The summed E-state index contributed by atoms with van der Waals surface area (Å²) in [6.45, 7) is 0.913. The average molecular weight is 301 g/mol. The lowest BCUT2D eigenvalue weighted by atomic mass is 10.2. The zero-order valence-electron chi connectivity index (χ0n) is 9.55. The van der Waals surface area contributed by atoms with Gasteiger partial charge in [-0.15, -0.1) is 0 Å². The van der Waals surface area contributed by atoms with Crippen LogP contribution in [0.5, 0.6) is 0 Å². The Hall–Kier alpha value is -1.43. The van der Waals surface area contributed by atoms with Crippen LogP contribution < -0.4 is 33.0 Å². The molecular weight excluding hydrogens is 284 g/mol. The van der Waals surface area contributed by atoms with Crippen molar-refractivity contribution in [3.05, 3.63) is 30.6 Å². The minimum atomic E-state index is 0. The molecule has 6 heteroatoms. The van der Waals surface area contributed by atoms with Crippen molar-refractivity contribution in [1.29, 1.82) is 0 Å². The fourth-order valence-electron chi connectivity index (χ4n) is 1.31. The number of carbonyl (C=O) groups excluding carboxylic acids is 1. The number of rotatable bonds is 6. The number of carbonyl (C=O) groups is 1. The molecule has 0 aliphatic carbocycles. The quantitative estimate of drug-likeness (QED) is 0.249. The maximum Gasteiger partial charge on any atom is 0.206 e. The van der Waals surface area contributed by atoms with E-state index in [1.54, 1.807) is 0 Å². The lowest BCUT2D eigenvalue weighted by Gasteiger charge is -1.96. The molecule has 0 spiro atoms. The highest BCUT2D eigenvalue weighted by Crippen LogP contribution is 1.92. The molecule has 0 aliphatic heterocycles. The fourth-order valence-corrected chi connectivity index (χ4v) is 1.31. The van der Waals surface area contributed by atoms with Crippen molar-refractivity contribution in [2.24, 2.45) is 16.5 Å². The van der Waals surface area contributed by atoms with Crippen molar-refractivity contribution in [3.8, 4) is 0 Å². The molecule has 17 heavy (non-hydrogen) atoms. The zero-order valence-corrected chi connectivity index (χ0v) is 11.1. The molecule has 0 unspecified atom stereocenters. The van der Waals surface area contributed by atoms with E-state index in [0.29, 0.717) is 25.9 Å². The summed E-state index contributed by atoms with van der Waals surface area (Å²) in [4.78, 5) is 15.3. The lowest BCUT2D eigenvalue weighted by Crippen LogP contribution is -3.00. The van der Waals surface area contributed by atoms with Gasteiger partial charge in [-0.1, -0.05) is 6.07 Å². The Morgan fingerprint density at radius 3 is 2.41 bits per heavy atom. The van der Waals surface area contributed by atoms with Crippen molar-refractivity contribution in [2.75, 3.05) is 6.54 Å². The predicted octanol–water partition coefficient (Wildman–Crippen LogP) is -3.40. The molecular formula is C11H17BrN4O. The first-order valence-corrected chi connectivity index (χ1v) is 5.19. The van der Waals surface area contributed by atoms with Gasteiger partial charge in [0.25, 0.3) is 0 Å². The molecule has 1 rings (SSSR count). The number of nitrogens with two attached hydrogens (primary N) is 2. The van der Waals surface area contributed by atoms with E-state index in [9.17, 15) is 4.79 Å². The van der Waals surface area contributed by atoms with Gasteiger partial charge in [-0.05, 0) is 6.42 Å². The molecule has 5 nitrogen and oxygen atoms in total. The molecule has 0 radical (unpaired) electrons. The number of hydrogen-bond donors (Lipinski definition) is 2. The first-order chi connectivity index (χ1) is 7.68. The van der Waals surface area contributed by atoms with Crippen LogP contribution in [0.2, 0.25) is 0 Å². The van der Waals surface area contributed by atoms with E-state index in [1.807, 2.05) is 35.2 Å². The van der Waals surface area contributed by atoms with Crippen LogP contribution in [0.3, 0.4) is 0 Å². The molecule has 0 saturated carbocycles. The fraction of sp³-hybridized carbons (Fsp3) is 0.364. The summed E-state index contributed by atoms with van der Waals surface area (Å²) >= 11 is 0. The van der Waals surface area contributed by atoms with E-state index < -0.39 is 0 Å². The molecule has 4 N–H and O–H groups in total.